The van der Waals surface area contributed by atoms with Crippen molar-refractivity contribution in [2.24, 2.45) is 5.92 Å². The first-order chi connectivity index (χ1) is 9.80. The van der Waals surface area contributed by atoms with E-state index in [4.69, 9.17) is 0 Å². The number of hydrogen-bond acceptors (Lipinski definition) is 2. The average Bonchev–Trinajstić information content (AvgIpc) is 2.51. The zero-order valence-electron chi connectivity index (χ0n) is 12.9. The quantitative estimate of drug-likeness (QED) is 0.788. The summed E-state index contributed by atoms with van der Waals surface area (Å²) in [5.74, 6) is 0.776. The molecule has 2 nitrogen and oxygen atoms in total. The molecule has 1 atom stereocenters. The van der Waals surface area contributed by atoms with Crippen LogP contribution in [0.2, 0.25) is 0 Å². The van der Waals surface area contributed by atoms with Crippen LogP contribution in [0.25, 0.3) is 10.9 Å². The number of nitrogens with zero attached hydrogens (tertiary/aromatic N) is 1. The van der Waals surface area contributed by atoms with E-state index in [9.17, 15) is 0 Å². The minimum atomic E-state index is 0.406. The normalized spacial score (nSPS) is 13.0. The molecule has 0 fully saturated rings. The molecule has 0 aliphatic heterocycles. The van der Waals surface area contributed by atoms with Gasteiger partial charge in [0, 0.05) is 17.6 Å². The molecule has 0 bridgehead atoms. The standard InChI is InChI=1S/C18H26N2/c1-4-14(5-2)13-17(19-6-3)16-11-7-9-15-10-8-12-20-18(15)16/h7-12,14,17,19H,4-6,13H2,1-3H3. The molecule has 2 heteroatoms. The fourth-order valence-electron chi connectivity index (χ4n) is 2.93. The summed E-state index contributed by atoms with van der Waals surface area (Å²) in [6.07, 6.45) is 5.58. The van der Waals surface area contributed by atoms with E-state index in [-0.39, 0.29) is 0 Å². The molecule has 0 aliphatic carbocycles. The van der Waals surface area contributed by atoms with Crippen LogP contribution in [0.1, 0.15) is 51.6 Å². The van der Waals surface area contributed by atoms with Gasteiger partial charge in [0.25, 0.3) is 0 Å². The second-order valence-electron chi connectivity index (χ2n) is 5.45. The van der Waals surface area contributed by atoms with E-state index < -0.39 is 0 Å². The third-order valence-electron chi connectivity index (χ3n) is 4.21. The number of rotatable bonds is 7. The van der Waals surface area contributed by atoms with Gasteiger partial charge in [0.05, 0.1) is 5.52 Å². The first-order valence-electron chi connectivity index (χ1n) is 7.87. The van der Waals surface area contributed by atoms with Crippen LogP contribution in [0.4, 0.5) is 0 Å². The molecule has 108 valence electrons. The third-order valence-corrected chi connectivity index (χ3v) is 4.21. The lowest BCUT2D eigenvalue weighted by Gasteiger charge is -2.24. The second-order valence-corrected chi connectivity index (χ2v) is 5.45. The number of nitrogens with one attached hydrogen (secondary N) is 1. The molecule has 2 aromatic rings. The maximum atomic E-state index is 4.60. The zero-order valence-corrected chi connectivity index (χ0v) is 12.9. The highest BCUT2D eigenvalue weighted by Gasteiger charge is 2.17. The van der Waals surface area contributed by atoms with Gasteiger partial charge in [-0.15, -0.1) is 0 Å². The van der Waals surface area contributed by atoms with Crippen molar-refractivity contribution in [2.75, 3.05) is 6.54 Å². The summed E-state index contributed by atoms with van der Waals surface area (Å²) >= 11 is 0. The van der Waals surface area contributed by atoms with Crippen molar-refractivity contribution < 1.29 is 0 Å². The van der Waals surface area contributed by atoms with Crippen LogP contribution < -0.4 is 5.32 Å². The Morgan fingerprint density at radius 1 is 1.05 bits per heavy atom. The molecule has 0 aliphatic rings. The molecule has 2 rings (SSSR count). The topological polar surface area (TPSA) is 24.9 Å². The summed E-state index contributed by atoms with van der Waals surface area (Å²) in [6.45, 7) is 7.75. The maximum Gasteiger partial charge on any atom is 0.0749 e. The highest BCUT2D eigenvalue weighted by molar-refractivity contribution is 5.82. The van der Waals surface area contributed by atoms with E-state index in [2.05, 4.69) is 55.3 Å². The van der Waals surface area contributed by atoms with Crippen LogP contribution in [-0.4, -0.2) is 11.5 Å². The van der Waals surface area contributed by atoms with Gasteiger partial charge in [-0.1, -0.05) is 57.9 Å². The Hall–Kier alpha value is -1.41. The summed E-state index contributed by atoms with van der Waals surface area (Å²) < 4.78 is 0. The SMILES string of the molecule is CCNC(CC(CC)CC)c1cccc2cccnc12. The van der Waals surface area contributed by atoms with Gasteiger partial charge >= 0.3 is 0 Å². The number of fused-ring (bicyclic) bond motifs is 1. The molecule has 0 amide bonds. The van der Waals surface area contributed by atoms with E-state index in [1.807, 2.05) is 12.3 Å². The van der Waals surface area contributed by atoms with Crippen molar-refractivity contribution in [3.63, 3.8) is 0 Å². The fraction of sp³-hybridized carbons (Fsp3) is 0.500. The summed E-state index contributed by atoms with van der Waals surface area (Å²) in [5.41, 5.74) is 2.49. The molecule has 1 heterocycles. The number of benzene rings is 1. The largest absolute Gasteiger partial charge is 0.310 e. The predicted molar refractivity (Wildman–Crippen MR) is 86.8 cm³/mol. The molecule has 20 heavy (non-hydrogen) atoms. The molecule has 1 aromatic carbocycles. The van der Waals surface area contributed by atoms with Gasteiger partial charge in [-0.25, -0.2) is 0 Å². The Morgan fingerprint density at radius 3 is 2.50 bits per heavy atom. The molecule has 0 radical (unpaired) electrons. The van der Waals surface area contributed by atoms with Crippen molar-refractivity contribution >= 4 is 10.9 Å². The Morgan fingerprint density at radius 2 is 1.80 bits per heavy atom. The number of aromatic nitrogens is 1. The highest BCUT2D eigenvalue weighted by atomic mass is 14.9. The first-order valence-corrected chi connectivity index (χ1v) is 7.87. The lowest BCUT2D eigenvalue weighted by Crippen LogP contribution is -2.23. The Balaban J connectivity index is 2.35. The van der Waals surface area contributed by atoms with Gasteiger partial charge in [0.15, 0.2) is 0 Å². The van der Waals surface area contributed by atoms with Crippen LogP contribution in [0.5, 0.6) is 0 Å². The molecule has 0 spiro atoms. The maximum absolute atomic E-state index is 4.60. The van der Waals surface area contributed by atoms with Crippen LogP contribution in [-0.2, 0) is 0 Å². The van der Waals surface area contributed by atoms with Gasteiger partial charge in [-0.05, 0) is 30.5 Å². The average molecular weight is 270 g/mol. The summed E-state index contributed by atoms with van der Waals surface area (Å²) in [5, 5.41) is 4.88. The number of pyridine rings is 1. The Bertz CT molecular complexity index is 526. The van der Waals surface area contributed by atoms with E-state index in [1.165, 1.54) is 30.2 Å². The van der Waals surface area contributed by atoms with Crippen molar-refractivity contribution in [3.05, 3.63) is 42.1 Å². The van der Waals surface area contributed by atoms with E-state index in [0.717, 1.165) is 18.0 Å². The highest BCUT2D eigenvalue weighted by Crippen LogP contribution is 2.29. The summed E-state index contributed by atoms with van der Waals surface area (Å²) in [4.78, 5) is 4.60. The summed E-state index contributed by atoms with van der Waals surface area (Å²) in [6, 6.07) is 11.1. The lowest BCUT2D eigenvalue weighted by molar-refractivity contribution is 0.376. The molecule has 1 unspecified atom stereocenters. The molecule has 0 saturated heterocycles. The summed E-state index contributed by atoms with van der Waals surface area (Å²) in [7, 11) is 0. The predicted octanol–water partition coefficient (Wildman–Crippen LogP) is 4.71. The monoisotopic (exact) mass is 270 g/mol. The molecule has 0 saturated carbocycles. The van der Waals surface area contributed by atoms with Crippen LogP contribution >= 0.6 is 0 Å². The molecule has 1 aromatic heterocycles. The van der Waals surface area contributed by atoms with Gasteiger partial charge < -0.3 is 5.32 Å². The minimum Gasteiger partial charge on any atom is -0.310 e. The second kappa shape index (κ2) is 7.39. The van der Waals surface area contributed by atoms with Gasteiger partial charge in [-0.3, -0.25) is 4.98 Å². The van der Waals surface area contributed by atoms with E-state index in [1.54, 1.807) is 0 Å². The van der Waals surface area contributed by atoms with Crippen molar-refractivity contribution in [1.82, 2.24) is 10.3 Å². The Kier molecular flexibility index (Phi) is 5.54. The van der Waals surface area contributed by atoms with Crippen LogP contribution in [0, 0.1) is 5.92 Å². The first kappa shape index (κ1) is 15.0. The zero-order chi connectivity index (χ0) is 14.4. The van der Waals surface area contributed by atoms with Crippen molar-refractivity contribution in [1.29, 1.82) is 0 Å². The molecule has 1 N–H and O–H groups in total. The van der Waals surface area contributed by atoms with E-state index in [0.29, 0.717) is 6.04 Å². The lowest BCUT2D eigenvalue weighted by atomic mass is 9.90. The minimum absolute atomic E-state index is 0.406. The van der Waals surface area contributed by atoms with Gasteiger partial charge in [0.2, 0.25) is 0 Å². The van der Waals surface area contributed by atoms with Crippen LogP contribution in [0.15, 0.2) is 36.5 Å². The number of para-hydroxylation sites is 1. The van der Waals surface area contributed by atoms with Gasteiger partial charge in [0.1, 0.15) is 0 Å². The third kappa shape index (κ3) is 3.37. The Labute approximate surface area is 122 Å². The van der Waals surface area contributed by atoms with E-state index >= 15 is 0 Å². The van der Waals surface area contributed by atoms with Crippen LogP contribution in [0.3, 0.4) is 0 Å². The van der Waals surface area contributed by atoms with Crippen molar-refractivity contribution in [2.45, 2.75) is 46.1 Å². The number of hydrogen-bond donors (Lipinski definition) is 1. The van der Waals surface area contributed by atoms with Gasteiger partial charge in [-0.2, -0.15) is 0 Å². The smallest absolute Gasteiger partial charge is 0.0749 e. The van der Waals surface area contributed by atoms with Crippen molar-refractivity contribution in [3.8, 4) is 0 Å². The molecular weight excluding hydrogens is 244 g/mol. The fourth-order valence-corrected chi connectivity index (χ4v) is 2.93. The molecular formula is C18H26N2.